The van der Waals surface area contributed by atoms with E-state index < -0.39 is 27.5 Å². The van der Waals surface area contributed by atoms with Gasteiger partial charge in [-0.2, -0.15) is 0 Å². The molecule has 1 atom stereocenters. The van der Waals surface area contributed by atoms with Gasteiger partial charge < -0.3 is 5.11 Å². The zero-order valence-electron chi connectivity index (χ0n) is 8.70. The highest BCUT2D eigenvalue weighted by atomic mass is 32.2. The fourth-order valence-electron chi connectivity index (χ4n) is 1.11. The highest BCUT2D eigenvalue weighted by molar-refractivity contribution is 7.90. The minimum absolute atomic E-state index is 0.181. The Kier molecular flexibility index (Phi) is 3.94. The van der Waals surface area contributed by atoms with Gasteiger partial charge in [0.15, 0.2) is 9.84 Å². The van der Waals surface area contributed by atoms with Crippen LogP contribution >= 0.6 is 0 Å². The summed E-state index contributed by atoms with van der Waals surface area (Å²) in [6, 6.07) is 1.58. The van der Waals surface area contributed by atoms with Crippen molar-refractivity contribution in [3.05, 3.63) is 24.3 Å². The Balaban J connectivity index is 2.70. The largest absolute Gasteiger partial charge is 0.481 e. The molecule has 1 heterocycles. The Morgan fingerprint density at radius 3 is 2.50 bits per heavy atom. The summed E-state index contributed by atoms with van der Waals surface area (Å²) < 4.78 is 23.1. The van der Waals surface area contributed by atoms with Crippen molar-refractivity contribution in [1.29, 1.82) is 0 Å². The number of nitrogens with zero attached hydrogens (tertiary/aromatic N) is 2. The molecular weight excluding hydrogens is 232 g/mol. The number of hydrogen-bond donors (Lipinski definition) is 1. The van der Waals surface area contributed by atoms with Gasteiger partial charge in [0, 0.05) is 12.4 Å². The third kappa shape index (κ3) is 3.93. The van der Waals surface area contributed by atoms with Gasteiger partial charge in [-0.3, -0.25) is 4.79 Å². The van der Waals surface area contributed by atoms with Gasteiger partial charge in [0.2, 0.25) is 0 Å². The Bertz CT molecular complexity index is 458. The van der Waals surface area contributed by atoms with Crippen molar-refractivity contribution in [3.63, 3.8) is 0 Å². The number of carboxylic acid groups (broad SMARTS) is 1. The van der Waals surface area contributed by atoms with Crippen molar-refractivity contribution in [2.45, 2.75) is 12.7 Å². The number of hydrogen-bond acceptors (Lipinski definition) is 5. The van der Waals surface area contributed by atoms with Crippen LogP contribution in [0.25, 0.3) is 0 Å². The lowest BCUT2D eigenvalue weighted by Crippen LogP contribution is -2.22. The van der Waals surface area contributed by atoms with Gasteiger partial charge in [-0.15, -0.1) is 0 Å². The van der Waals surface area contributed by atoms with Crippen LogP contribution in [0.3, 0.4) is 0 Å². The molecule has 6 nitrogen and oxygen atoms in total. The monoisotopic (exact) mass is 244 g/mol. The summed E-state index contributed by atoms with van der Waals surface area (Å²) in [5.41, 5.74) is 0. The van der Waals surface area contributed by atoms with Gasteiger partial charge in [0.05, 0.1) is 11.7 Å². The fourth-order valence-corrected chi connectivity index (χ4v) is 2.68. The van der Waals surface area contributed by atoms with E-state index in [-0.39, 0.29) is 11.6 Å². The normalized spacial score (nSPS) is 13.3. The third-order valence-electron chi connectivity index (χ3n) is 1.89. The first-order chi connectivity index (χ1) is 7.41. The molecule has 0 saturated heterocycles. The van der Waals surface area contributed by atoms with Crippen LogP contribution in [0, 0.1) is 5.92 Å². The summed E-state index contributed by atoms with van der Waals surface area (Å²) in [6.45, 7) is 1.35. The van der Waals surface area contributed by atoms with Gasteiger partial charge in [0.1, 0.15) is 11.6 Å². The number of sulfone groups is 1. The Hall–Kier alpha value is -1.50. The summed E-state index contributed by atoms with van der Waals surface area (Å²) in [4.78, 5) is 18.1. The molecule has 0 aliphatic rings. The average Bonchev–Trinajstić information content (AvgIpc) is 2.17. The minimum atomic E-state index is -3.48. The lowest BCUT2D eigenvalue weighted by Gasteiger charge is -2.06. The molecule has 0 spiro atoms. The maximum Gasteiger partial charge on any atom is 0.307 e. The molecule has 0 aromatic carbocycles. The lowest BCUT2D eigenvalue weighted by molar-refractivity contribution is -0.140. The Morgan fingerprint density at radius 1 is 1.44 bits per heavy atom. The van der Waals surface area contributed by atoms with Gasteiger partial charge in [-0.25, -0.2) is 18.4 Å². The summed E-state index contributed by atoms with van der Waals surface area (Å²) in [5.74, 6) is -2.60. The second kappa shape index (κ2) is 5.02. The smallest absolute Gasteiger partial charge is 0.307 e. The highest BCUT2D eigenvalue weighted by Gasteiger charge is 2.22. The number of aliphatic carboxylic acids is 1. The number of aromatic nitrogens is 2. The van der Waals surface area contributed by atoms with Gasteiger partial charge in [-0.1, -0.05) is 6.92 Å². The van der Waals surface area contributed by atoms with E-state index in [1.165, 1.54) is 19.3 Å². The molecule has 0 saturated carbocycles. The maximum absolute atomic E-state index is 11.6. The topological polar surface area (TPSA) is 97.2 Å². The molecular formula is C9H12N2O4S. The van der Waals surface area contributed by atoms with Crippen molar-refractivity contribution in [2.24, 2.45) is 5.92 Å². The zero-order valence-corrected chi connectivity index (χ0v) is 9.51. The van der Waals surface area contributed by atoms with E-state index in [2.05, 4.69) is 9.97 Å². The molecule has 0 amide bonds. The first kappa shape index (κ1) is 12.6. The van der Waals surface area contributed by atoms with E-state index in [9.17, 15) is 13.2 Å². The van der Waals surface area contributed by atoms with Crippen LogP contribution < -0.4 is 0 Å². The van der Waals surface area contributed by atoms with E-state index in [4.69, 9.17) is 5.11 Å². The molecule has 16 heavy (non-hydrogen) atoms. The molecule has 1 unspecified atom stereocenters. The Labute approximate surface area is 93.3 Å². The van der Waals surface area contributed by atoms with E-state index in [1.54, 1.807) is 6.07 Å². The zero-order chi connectivity index (χ0) is 12.2. The van der Waals surface area contributed by atoms with Crippen LogP contribution in [0.2, 0.25) is 0 Å². The summed E-state index contributed by atoms with van der Waals surface area (Å²) in [5, 5.41) is 8.62. The molecule has 0 radical (unpaired) electrons. The van der Waals surface area contributed by atoms with Crippen LogP contribution in [0.4, 0.5) is 0 Å². The molecule has 1 aromatic heterocycles. The van der Waals surface area contributed by atoms with Crippen molar-refractivity contribution in [3.8, 4) is 0 Å². The molecule has 0 aliphatic carbocycles. The second-order valence-corrected chi connectivity index (χ2v) is 5.57. The van der Waals surface area contributed by atoms with Crippen LogP contribution in [0.5, 0.6) is 0 Å². The molecule has 0 aliphatic heterocycles. The average molecular weight is 244 g/mol. The van der Waals surface area contributed by atoms with Crippen LogP contribution in [0.15, 0.2) is 18.5 Å². The summed E-state index contributed by atoms with van der Waals surface area (Å²) in [7, 11) is -3.48. The van der Waals surface area contributed by atoms with Crippen LogP contribution in [-0.2, 0) is 20.4 Å². The van der Waals surface area contributed by atoms with E-state index in [1.807, 2.05) is 0 Å². The molecule has 1 rings (SSSR count). The van der Waals surface area contributed by atoms with Gasteiger partial charge in [0.25, 0.3) is 0 Å². The molecule has 1 N–H and O–H groups in total. The van der Waals surface area contributed by atoms with Crippen LogP contribution in [0.1, 0.15) is 12.7 Å². The molecule has 88 valence electrons. The minimum Gasteiger partial charge on any atom is -0.481 e. The van der Waals surface area contributed by atoms with E-state index in [0.29, 0.717) is 0 Å². The standard InChI is InChI=1S/C9H12N2O4S/c1-7(9(12)13)5-16(14,15)6-8-10-3-2-4-11-8/h2-4,7H,5-6H2,1H3,(H,12,13). The Morgan fingerprint density at radius 2 is 2.00 bits per heavy atom. The predicted octanol–water partition coefficient (Wildman–Crippen LogP) is 0.112. The lowest BCUT2D eigenvalue weighted by atomic mass is 10.2. The quantitative estimate of drug-likeness (QED) is 0.789. The number of rotatable bonds is 5. The molecule has 0 fully saturated rings. The van der Waals surface area contributed by atoms with Crippen molar-refractivity contribution >= 4 is 15.8 Å². The summed E-state index contributed by atoms with van der Waals surface area (Å²) >= 11 is 0. The van der Waals surface area contributed by atoms with Crippen molar-refractivity contribution in [1.82, 2.24) is 9.97 Å². The first-order valence-electron chi connectivity index (χ1n) is 4.60. The number of carboxylic acids is 1. The van der Waals surface area contributed by atoms with Gasteiger partial charge >= 0.3 is 5.97 Å². The second-order valence-electron chi connectivity index (χ2n) is 3.46. The maximum atomic E-state index is 11.6. The van der Waals surface area contributed by atoms with E-state index in [0.717, 1.165) is 0 Å². The SMILES string of the molecule is CC(CS(=O)(=O)Cc1ncccn1)C(=O)O. The first-order valence-corrected chi connectivity index (χ1v) is 6.42. The van der Waals surface area contributed by atoms with Crippen molar-refractivity contribution in [2.75, 3.05) is 5.75 Å². The fraction of sp³-hybridized carbons (Fsp3) is 0.444. The predicted molar refractivity (Wildman–Crippen MR) is 56.3 cm³/mol. The van der Waals surface area contributed by atoms with E-state index >= 15 is 0 Å². The third-order valence-corrected chi connectivity index (χ3v) is 3.60. The molecule has 1 aromatic rings. The van der Waals surface area contributed by atoms with Crippen LogP contribution in [-0.4, -0.2) is 35.2 Å². The molecule has 0 bridgehead atoms. The molecule has 7 heteroatoms. The summed E-state index contributed by atoms with van der Waals surface area (Å²) in [6.07, 6.45) is 2.89. The van der Waals surface area contributed by atoms with Crippen molar-refractivity contribution < 1.29 is 18.3 Å². The highest BCUT2D eigenvalue weighted by Crippen LogP contribution is 2.06. The number of carbonyl (C=O) groups is 1. The van der Waals surface area contributed by atoms with Gasteiger partial charge in [-0.05, 0) is 6.07 Å².